The van der Waals surface area contributed by atoms with Crippen molar-refractivity contribution >= 4 is 10.9 Å². The molecule has 2 heterocycles. The molecule has 0 saturated carbocycles. The Morgan fingerprint density at radius 3 is 2.96 bits per heavy atom. The Bertz CT molecular complexity index is 689. The second-order valence-corrected chi connectivity index (χ2v) is 6.91. The number of pyridine rings is 1. The van der Waals surface area contributed by atoms with Gasteiger partial charge in [-0.05, 0) is 69.1 Å². The molecule has 1 aliphatic heterocycles. The molecule has 0 spiro atoms. The summed E-state index contributed by atoms with van der Waals surface area (Å²) in [5, 5.41) is 12.2. The number of unbranched alkanes of at least 4 members (excludes halogenated alkanes) is 1. The van der Waals surface area contributed by atoms with Crippen molar-refractivity contribution in [1.82, 2.24) is 9.88 Å². The maximum Gasteiger partial charge on any atom is 0.120 e. The Morgan fingerprint density at radius 1 is 1.28 bits per heavy atom. The molecule has 1 aromatic heterocycles. The highest BCUT2D eigenvalue weighted by Gasteiger charge is 2.30. The van der Waals surface area contributed by atoms with Gasteiger partial charge in [0, 0.05) is 17.6 Å². The number of aliphatic hydroxyl groups is 1. The van der Waals surface area contributed by atoms with E-state index in [4.69, 9.17) is 4.74 Å². The van der Waals surface area contributed by atoms with Crippen molar-refractivity contribution in [3.63, 3.8) is 0 Å². The van der Waals surface area contributed by atoms with Crippen LogP contribution in [0.3, 0.4) is 0 Å². The van der Waals surface area contributed by atoms with Gasteiger partial charge in [-0.15, -0.1) is 0 Å². The molecule has 1 aromatic carbocycles. The van der Waals surface area contributed by atoms with Crippen molar-refractivity contribution in [2.24, 2.45) is 0 Å². The number of likely N-dealkylation sites (tertiary alicyclic amines) is 1. The molecule has 25 heavy (non-hydrogen) atoms. The number of nitrogens with zero attached hydrogens (tertiary/aromatic N) is 2. The number of aromatic nitrogens is 1. The van der Waals surface area contributed by atoms with Crippen molar-refractivity contribution < 1.29 is 9.84 Å². The molecule has 1 fully saturated rings. The van der Waals surface area contributed by atoms with E-state index in [2.05, 4.69) is 16.8 Å². The van der Waals surface area contributed by atoms with E-state index in [1.54, 1.807) is 6.20 Å². The Kier molecular flexibility index (Phi) is 6.27. The molecule has 136 valence electrons. The second-order valence-electron chi connectivity index (χ2n) is 6.91. The minimum absolute atomic E-state index is 0.196. The zero-order chi connectivity index (χ0) is 17.6. The lowest BCUT2D eigenvalue weighted by Crippen LogP contribution is -2.43. The van der Waals surface area contributed by atoms with Gasteiger partial charge in [-0.1, -0.05) is 19.8 Å². The van der Waals surface area contributed by atoms with Crippen LogP contribution in [0.1, 0.15) is 57.6 Å². The average Bonchev–Trinajstić information content (AvgIpc) is 2.66. The van der Waals surface area contributed by atoms with Gasteiger partial charge >= 0.3 is 0 Å². The van der Waals surface area contributed by atoms with Crippen molar-refractivity contribution in [2.75, 3.05) is 19.7 Å². The van der Waals surface area contributed by atoms with Crippen LogP contribution in [-0.4, -0.2) is 40.7 Å². The normalized spacial score (nSPS) is 19.9. The van der Waals surface area contributed by atoms with Gasteiger partial charge in [0.15, 0.2) is 0 Å². The summed E-state index contributed by atoms with van der Waals surface area (Å²) in [4.78, 5) is 6.94. The summed E-state index contributed by atoms with van der Waals surface area (Å²) in [6.07, 6.45) is 7.18. The van der Waals surface area contributed by atoms with Crippen LogP contribution in [0.5, 0.6) is 5.75 Å². The molecule has 1 aliphatic rings. The third-order valence-corrected chi connectivity index (χ3v) is 5.20. The lowest BCUT2D eigenvalue weighted by Gasteiger charge is -2.38. The number of aliphatic hydroxyl groups excluding tert-OH is 1. The topological polar surface area (TPSA) is 45.6 Å². The molecule has 1 unspecified atom stereocenters. The minimum Gasteiger partial charge on any atom is -0.494 e. The van der Waals surface area contributed by atoms with Crippen LogP contribution in [0, 0.1) is 0 Å². The fourth-order valence-corrected chi connectivity index (χ4v) is 3.88. The average molecular weight is 342 g/mol. The minimum atomic E-state index is -0.487. The first kappa shape index (κ1) is 18.2. The van der Waals surface area contributed by atoms with E-state index in [-0.39, 0.29) is 6.04 Å². The van der Waals surface area contributed by atoms with Crippen LogP contribution in [0.25, 0.3) is 10.9 Å². The molecule has 1 saturated heterocycles. The Morgan fingerprint density at radius 2 is 2.16 bits per heavy atom. The van der Waals surface area contributed by atoms with E-state index in [9.17, 15) is 5.11 Å². The number of ether oxygens (including phenoxy) is 1. The lowest BCUT2D eigenvalue weighted by atomic mass is 9.91. The highest BCUT2D eigenvalue weighted by atomic mass is 16.5. The predicted octanol–water partition coefficient (Wildman–Crippen LogP) is 4.32. The van der Waals surface area contributed by atoms with E-state index in [0.717, 1.165) is 41.7 Å². The smallest absolute Gasteiger partial charge is 0.120 e. The van der Waals surface area contributed by atoms with Crippen molar-refractivity contribution in [3.05, 3.63) is 36.0 Å². The maximum absolute atomic E-state index is 11.2. The highest BCUT2D eigenvalue weighted by Crippen LogP contribution is 2.33. The third kappa shape index (κ3) is 4.13. The monoisotopic (exact) mass is 342 g/mol. The fraction of sp³-hybridized carbons (Fsp3) is 0.571. The third-order valence-electron chi connectivity index (χ3n) is 5.20. The van der Waals surface area contributed by atoms with E-state index >= 15 is 0 Å². The quantitative estimate of drug-likeness (QED) is 0.814. The molecule has 0 amide bonds. The van der Waals surface area contributed by atoms with Gasteiger partial charge in [-0.25, -0.2) is 0 Å². The van der Waals surface area contributed by atoms with Crippen LogP contribution >= 0.6 is 0 Å². The van der Waals surface area contributed by atoms with Gasteiger partial charge in [0.25, 0.3) is 0 Å². The van der Waals surface area contributed by atoms with Crippen LogP contribution in [0.4, 0.5) is 0 Å². The molecule has 2 aromatic rings. The first-order chi connectivity index (χ1) is 12.2. The summed E-state index contributed by atoms with van der Waals surface area (Å²) in [5.74, 6) is 0.836. The summed E-state index contributed by atoms with van der Waals surface area (Å²) in [7, 11) is 0. The molecule has 0 radical (unpaired) electrons. The summed E-state index contributed by atoms with van der Waals surface area (Å²) >= 11 is 0. The molecule has 1 N–H and O–H groups in total. The molecule has 2 atom stereocenters. The van der Waals surface area contributed by atoms with Crippen LogP contribution in [-0.2, 0) is 0 Å². The van der Waals surface area contributed by atoms with E-state index in [1.807, 2.05) is 31.2 Å². The number of fused-ring (bicyclic) bond motifs is 1. The maximum atomic E-state index is 11.2. The van der Waals surface area contributed by atoms with Gasteiger partial charge in [0.2, 0.25) is 0 Å². The first-order valence-corrected chi connectivity index (χ1v) is 9.68. The second kappa shape index (κ2) is 8.63. The summed E-state index contributed by atoms with van der Waals surface area (Å²) < 4.78 is 5.65. The predicted molar refractivity (Wildman–Crippen MR) is 102 cm³/mol. The van der Waals surface area contributed by atoms with E-state index in [1.165, 1.54) is 25.7 Å². The van der Waals surface area contributed by atoms with Crippen LogP contribution in [0.15, 0.2) is 30.5 Å². The first-order valence-electron chi connectivity index (χ1n) is 9.68. The van der Waals surface area contributed by atoms with E-state index in [0.29, 0.717) is 6.61 Å². The standard InChI is InChI=1S/C21H30N2O2/c1-3-5-13-23-14-7-6-8-20(23)21(24)17-11-12-22-19-10-9-16(25-4-2)15-18(17)19/h9-12,15,20-21,24H,3-8,13-14H2,1-2H3/t20?,21-/m0/s1. The molecule has 0 bridgehead atoms. The van der Waals surface area contributed by atoms with E-state index < -0.39 is 6.10 Å². The number of piperidine rings is 1. The zero-order valence-electron chi connectivity index (χ0n) is 15.4. The summed E-state index contributed by atoms with van der Waals surface area (Å²) in [5.41, 5.74) is 1.89. The summed E-state index contributed by atoms with van der Waals surface area (Å²) in [6, 6.07) is 8.11. The van der Waals surface area contributed by atoms with Gasteiger partial charge in [0.1, 0.15) is 5.75 Å². The Labute approximate surface area is 150 Å². The largest absolute Gasteiger partial charge is 0.494 e. The number of benzene rings is 1. The van der Waals surface area contributed by atoms with Crippen LogP contribution < -0.4 is 4.74 Å². The zero-order valence-corrected chi connectivity index (χ0v) is 15.4. The number of hydrogen-bond donors (Lipinski definition) is 1. The van der Waals surface area contributed by atoms with Gasteiger partial charge in [-0.3, -0.25) is 9.88 Å². The number of hydrogen-bond acceptors (Lipinski definition) is 4. The SMILES string of the molecule is CCCCN1CCCCC1[C@@H](O)c1ccnc2ccc(OCC)cc12. The Hall–Kier alpha value is -1.65. The van der Waals surface area contributed by atoms with Gasteiger partial charge in [-0.2, -0.15) is 0 Å². The van der Waals surface area contributed by atoms with Gasteiger partial charge in [0.05, 0.1) is 18.2 Å². The molecule has 4 nitrogen and oxygen atoms in total. The molecular formula is C21H30N2O2. The fourth-order valence-electron chi connectivity index (χ4n) is 3.88. The molecule has 4 heteroatoms. The molecule has 0 aliphatic carbocycles. The van der Waals surface area contributed by atoms with Crippen molar-refractivity contribution in [3.8, 4) is 5.75 Å². The number of rotatable bonds is 7. The Balaban J connectivity index is 1.91. The van der Waals surface area contributed by atoms with Crippen LogP contribution in [0.2, 0.25) is 0 Å². The highest BCUT2D eigenvalue weighted by molar-refractivity contribution is 5.83. The molecular weight excluding hydrogens is 312 g/mol. The lowest BCUT2D eigenvalue weighted by molar-refractivity contribution is 0.0250. The van der Waals surface area contributed by atoms with Crippen molar-refractivity contribution in [2.45, 2.75) is 58.1 Å². The van der Waals surface area contributed by atoms with Crippen molar-refractivity contribution in [1.29, 1.82) is 0 Å². The van der Waals surface area contributed by atoms with Gasteiger partial charge < -0.3 is 9.84 Å². The summed E-state index contributed by atoms with van der Waals surface area (Å²) in [6.45, 7) is 7.01. The molecule has 3 rings (SSSR count).